The summed E-state index contributed by atoms with van der Waals surface area (Å²) in [7, 11) is 0. The molecule has 4 rings (SSSR count). The first-order valence-corrected chi connectivity index (χ1v) is 12.6. The molecule has 33 heavy (non-hydrogen) atoms. The van der Waals surface area contributed by atoms with Crippen LogP contribution in [0.4, 0.5) is 5.13 Å². The van der Waals surface area contributed by atoms with Gasteiger partial charge in [0.25, 0.3) is 5.91 Å². The molecule has 1 fully saturated rings. The molecule has 1 saturated heterocycles. The Morgan fingerprint density at radius 2 is 1.97 bits per heavy atom. The van der Waals surface area contributed by atoms with E-state index in [2.05, 4.69) is 10.3 Å². The van der Waals surface area contributed by atoms with Crippen LogP contribution in [0.5, 0.6) is 0 Å². The average Bonchev–Trinajstić information content (AvgIpc) is 3.31. The Hall–Kier alpha value is -2.23. The van der Waals surface area contributed by atoms with Crippen LogP contribution >= 0.6 is 58.5 Å². The predicted molar refractivity (Wildman–Crippen MR) is 141 cm³/mol. The third-order valence-corrected chi connectivity index (χ3v) is 7.71. The van der Waals surface area contributed by atoms with Crippen LogP contribution in [-0.2, 0) is 16.0 Å². The molecule has 0 unspecified atom stereocenters. The number of thiocarbonyl (C=S) groups is 1. The normalized spacial score (nSPS) is 14.9. The number of hydrogen-bond acceptors (Lipinski definition) is 6. The maximum Gasteiger partial charge on any atom is 0.266 e. The van der Waals surface area contributed by atoms with Crippen molar-refractivity contribution in [2.75, 3.05) is 11.9 Å². The van der Waals surface area contributed by atoms with Crippen LogP contribution in [0.1, 0.15) is 21.6 Å². The largest absolute Gasteiger partial charge is 0.300 e. The van der Waals surface area contributed by atoms with Crippen molar-refractivity contribution in [1.29, 1.82) is 0 Å². The number of anilines is 1. The number of rotatable bonds is 6. The highest BCUT2D eigenvalue weighted by Crippen LogP contribution is 2.32. The minimum atomic E-state index is -0.363. The second-order valence-electron chi connectivity index (χ2n) is 7.26. The van der Waals surface area contributed by atoms with Gasteiger partial charge in [-0.2, -0.15) is 0 Å². The summed E-state index contributed by atoms with van der Waals surface area (Å²) in [5.74, 6) is -0.662. The Kier molecular flexibility index (Phi) is 7.51. The molecule has 1 aliphatic rings. The van der Waals surface area contributed by atoms with Gasteiger partial charge in [0.05, 0.1) is 4.91 Å². The van der Waals surface area contributed by atoms with E-state index in [0.717, 1.165) is 26.6 Å². The summed E-state index contributed by atoms with van der Waals surface area (Å²) in [5.41, 5.74) is 2.92. The maximum atomic E-state index is 12.8. The lowest BCUT2D eigenvalue weighted by atomic mass is 10.1. The summed E-state index contributed by atoms with van der Waals surface area (Å²) in [6, 6.07) is 13.0. The number of carbonyl (C=O) groups is 2. The zero-order valence-electron chi connectivity index (χ0n) is 17.3. The second-order valence-corrected chi connectivity index (χ2v) is 10.9. The van der Waals surface area contributed by atoms with E-state index < -0.39 is 0 Å². The molecule has 2 amide bonds. The van der Waals surface area contributed by atoms with Crippen molar-refractivity contribution >= 4 is 85.9 Å². The highest BCUT2D eigenvalue weighted by Gasteiger charge is 2.33. The van der Waals surface area contributed by atoms with Gasteiger partial charge in [0.15, 0.2) is 5.13 Å². The first-order chi connectivity index (χ1) is 15.8. The fourth-order valence-corrected chi connectivity index (χ4v) is 5.49. The van der Waals surface area contributed by atoms with Crippen molar-refractivity contribution in [1.82, 2.24) is 9.88 Å². The van der Waals surface area contributed by atoms with Gasteiger partial charge in [-0.15, -0.1) is 11.3 Å². The smallest absolute Gasteiger partial charge is 0.266 e. The van der Waals surface area contributed by atoms with E-state index in [-0.39, 0.29) is 18.4 Å². The van der Waals surface area contributed by atoms with Gasteiger partial charge in [0, 0.05) is 27.5 Å². The minimum absolute atomic E-state index is 0.175. The molecule has 1 aliphatic heterocycles. The van der Waals surface area contributed by atoms with Gasteiger partial charge < -0.3 is 5.32 Å². The monoisotopic (exact) mass is 533 g/mol. The number of aromatic nitrogens is 1. The summed E-state index contributed by atoms with van der Waals surface area (Å²) in [6.07, 6.45) is 4.12. The third-order valence-electron chi connectivity index (χ3n) is 4.76. The molecular formula is C23H17Cl2N3O2S3. The molecular weight excluding hydrogens is 517 g/mol. The molecule has 0 radical (unpaired) electrons. The quantitative estimate of drug-likeness (QED) is 0.302. The molecule has 10 heteroatoms. The Balaban J connectivity index is 1.36. The van der Waals surface area contributed by atoms with Gasteiger partial charge in [0.1, 0.15) is 10.9 Å². The van der Waals surface area contributed by atoms with E-state index >= 15 is 0 Å². The molecule has 2 heterocycles. The Morgan fingerprint density at radius 1 is 1.21 bits per heavy atom. The number of thiazole rings is 1. The zero-order chi connectivity index (χ0) is 23.5. The van der Waals surface area contributed by atoms with Crippen LogP contribution < -0.4 is 5.32 Å². The first kappa shape index (κ1) is 23.9. The number of halogens is 2. The van der Waals surface area contributed by atoms with E-state index in [1.54, 1.807) is 24.4 Å². The molecule has 0 aliphatic carbocycles. The van der Waals surface area contributed by atoms with E-state index in [1.807, 2.05) is 37.3 Å². The molecule has 2 aromatic carbocycles. The number of carbonyl (C=O) groups excluding carboxylic acids is 2. The van der Waals surface area contributed by atoms with Crippen LogP contribution in [0.15, 0.2) is 53.6 Å². The number of aryl methyl sites for hydroxylation is 1. The lowest BCUT2D eigenvalue weighted by Crippen LogP contribution is -2.36. The Morgan fingerprint density at radius 3 is 2.70 bits per heavy atom. The van der Waals surface area contributed by atoms with Crippen LogP contribution in [0.3, 0.4) is 0 Å². The van der Waals surface area contributed by atoms with Crippen LogP contribution in [0.25, 0.3) is 6.08 Å². The van der Waals surface area contributed by atoms with Crippen LogP contribution in [0, 0.1) is 6.92 Å². The van der Waals surface area contributed by atoms with Crippen molar-refractivity contribution in [3.8, 4) is 0 Å². The molecule has 3 aromatic rings. The summed E-state index contributed by atoms with van der Waals surface area (Å²) in [6.45, 7) is 1.78. The number of amides is 2. The van der Waals surface area contributed by atoms with Crippen molar-refractivity contribution in [2.24, 2.45) is 0 Å². The third kappa shape index (κ3) is 6.02. The molecule has 5 nitrogen and oxygen atoms in total. The highest BCUT2D eigenvalue weighted by atomic mass is 35.5. The fourth-order valence-electron chi connectivity index (χ4n) is 3.04. The van der Waals surface area contributed by atoms with E-state index in [1.165, 1.54) is 28.0 Å². The topological polar surface area (TPSA) is 62.3 Å². The number of hydrogen-bond donors (Lipinski definition) is 1. The van der Waals surface area contributed by atoms with Gasteiger partial charge >= 0.3 is 0 Å². The van der Waals surface area contributed by atoms with Gasteiger partial charge in [0.2, 0.25) is 5.91 Å². The standard InChI is InChI=1S/C23H17Cl2N3O2S3/c1-13-2-3-15(9-18(13)25)8-17-11-26-22(32-17)27-20(29)12-28-21(30)19(33-23(28)31)10-14-4-6-16(24)7-5-14/h2-7,9-11H,8,12H2,1H3,(H,26,27,29)/b19-10-. The summed E-state index contributed by atoms with van der Waals surface area (Å²) in [4.78, 5) is 32.3. The van der Waals surface area contributed by atoms with Gasteiger partial charge in [-0.25, -0.2) is 4.98 Å². The summed E-state index contributed by atoms with van der Waals surface area (Å²) < 4.78 is 0.339. The molecule has 0 saturated carbocycles. The van der Waals surface area contributed by atoms with Crippen molar-refractivity contribution < 1.29 is 9.59 Å². The van der Waals surface area contributed by atoms with Gasteiger partial charge in [-0.1, -0.05) is 71.4 Å². The maximum absolute atomic E-state index is 12.8. The lowest BCUT2D eigenvalue weighted by molar-refractivity contribution is -0.126. The minimum Gasteiger partial charge on any atom is -0.300 e. The Labute approximate surface area is 214 Å². The predicted octanol–water partition coefficient (Wildman–Crippen LogP) is 6.19. The van der Waals surface area contributed by atoms with Crippen molar-refractivity contribution in [2.45, 2.75) is 13.3 Å². The van der Waals surface area contributed by atoms with E-state index in [4.69, 9.17) is 35.4 Å². The SMILES string of the molecule is Cc1ccc(Cc2cnc(NC(=O)CN3C(=O)/C(=C/c4ccc(Cl)cc4)SC3=S)s2)cc1Cl. The Bertz CT molecular complexity index is 1270. The number of thioether (sulfide) groups is 1. The second kappa shape index (κ2) is 10.4. The fraction of sp³-hybridized carbons (Fsp3) is 0.130. The number of benzene rings is 2. The number of nitrogens with zero attached hydrogens (tertiary/aromatic N) is 2. The summed E-state index contributed by atoms with van der Waals surface area (Å²) in [5, 5.41) is 4.56. The number of nitrogens with one attached hydrogen (secondary N) is 1. The average molecular weight is 535 g/mol. The first-order valence-electron chi connectivity index (χ1n) is 9.79. The van der Waals surface area contributed by atoms with E-state index in [0.29, 0.717) is 25.8 Å². The summed E-state index contributed by atoms with van der Waals surface area (Å²) >= 11 is 20.0. The molecule has 1 N–H and O–H groups in total. The zero-order valence-corrected chi connectivity index (χ0v) is 21.3. The molecule has 168 valence electrons. The molecule has 0 spiro atoms. The lowest BCUT2D eigenvalue weighted by Gasteiger charge is -2.13. The van der Waals surface area contributed by atoms with Crippen molar-refractivity contribution in [3.63, 3.8) is 0 Å². The van der Waals surface area contributed by atoms with Crippen LogP contribution in [0.2, 0.25) is 10.0 Å². The molecule has 0 atom stereocenters. The van der Waals surface area contributed by atoms with E-state index in [9.17, 15) is 9.59 Å². The van der Waals surface area contributed by atoms with Crippen molar-refractivity contribution in [3.05, 3.63) is 85.2 Å². The highest BCUT2D eigenvalue weighted by molar-refractivity contribution is 8.26. The van der Waals surface area contributed by atoms with Gasteiger partial charge in [-0.3, -0.25) is 14.5 Å². The van der Waals surface area contributed by atoms with Gasteiger partial charge in [-0.05, 0) is 47.9 Å². The molecule has 0 bridgehead atoms. The molecule has 1 aromatic heterocycles. The van der Waals surface area contributed by atoms with Crippen LogP contribution in [-0.4, -0.2) is 32.6 Å².